The third kappa shape index (κ3) is 4.49. The molecule has 148 valence electrons. The Bertz CT molecular complexity index is 1210. The third-order valence-corrected chi connectivity index (χ3v) is 5.78. The maximum atomic E-state index is 13.0. The number of aryl methyl sites for hydroxylation is 2. The van der Waals surface area contributed by atoms with Gasteiger partial charge in [-0.15, -0.1) is 0 Å². The first-order valence-corrected chi connectivity index (χ1v) is 10.4. The Kier molecular flexibility index (Phi) is 5.76. The molecule has 0 saturated carbocycles. The third-order valence-electron chi connectivity index (χ3n) is 4.20. The summed E-state index contributed by atoms with van der Waals surface area (Å²) in [5.74, 6) is -0.751. The maximum absolute atomic E-state index is 13.0. The summed E-state index contributed by atoms with van der Waals surface area (Å²) in [6.45, 7) is 6.97. The van der Waals surface area contributed by atoms with E-state index in [-0.39, 0.29) is 21.6 Å². The molecule has 1 heterocycles. The van der Waals surface area contributed by atoms with Crippen LogP contribution in [0, 0.1) is 18.6 Å². The molecular formula is C20H18ClN4O3S+. The molecule has 0 aliphatic heterocycles. The number of benzene rings is 2. The van der Waals surface area contributed by atoms with Gasteiger partial charge in [0.15, 0.2) is 16.7 Å². The summed E-state index contributed by atoms with van der Waals surface area (Å²) in [7, 11) is -3.58. The molecule has 1 aromatic heterocycles. The van der Waals surface area contributed by atoms with Gasteiger partial charge in [-0.2, -0.15) is 0 Å². The minimum absolute atomic E-state index is 0.0553. The Balaban J connectivity index is 2.01. The average Bonchev–Trinajstić information content (AvgIpc) is 2.66. The molecule has 0 aliphatic carbocycles. The highest BCUT2D eigenvalue weighted by molar-refractivity contribution is 7.93. The Hall–Kier alpha value is -3.10. The molecule has 0 aliphatic rings. The van der Waals surface area contributed by atoms with E-state index in [9.17, 15) is 9.00 Å². The van der Waals surface area contributed by atoms with E-state index in [0.717, 1.165) is 16.7 Å². The first kappa shape index (κ1) is 20.6. The van der Waals surface area contributed by atoms with Crippen LogP contribution in [-0.2, 0) is 14.3 Å². The van der Waals surface area contributed by atoms with Crippen molar-refractivity contribution in [2.24, 2.45) is 0 Å². The molecule has 0 fully saturated rings. The number of carbonyl (C=O) groups is 1. The standard InChI is InChI=1S/C20H18ClN4O3S/c1-12-6-4-7-13(2)18(12)16-11-17(21)24-20(23-16)25-29(22,27)15-9-5-8-14(10-15)19(26)28-3/h4-11H,3H2,1-2H3,(H2,22,23,24,25,27)/q+1. The highest BCUT2D eigenvalue weighted by Gasteiger charge is 2.21. The lowest BCUT2D eigenvalue weighted by Gasteiger charge is -2.13. The molecule has 29 heavy (non-hydrogen) atoms. The van der Waals surface area contributed by atoms with E-state index >= 15 is 0 Å². The lowest BCUT2D eigenvalue weighted by atomic mass is 10.00. The van der Waals surface area contributed by atoms with Crippen molar-refractivity contribution in [1.82, 2.24) is 9.97 Å². The quantitative estimate of drug-likeness (QED) is 0.464. The molecule has 2 aromatic carbocycles. The van der Waals surface area contributed by atoms with Crippen molar-refractivity contribution in [3.63, 3.8) is 0 Å². The summed E-state index contributed by atoms with van der Waals surface area (Å²) >= 11 is 6.15. The van der Waals surface area contributed by atoms with E-state index in [1.807, 2.05) is 32.0 Å². The van der Waals surface area contributed by atoms with Crippen LogP contribution in [0.15, 0.2) is 53.4 Å². The molecule has 9 heteroatoms. The molecule has 0 saturated heterocycles. The summed E-state index contributed by atoms with van der Waals surface area (Å²) in [6, 6.07) is 13.2. The van der Waals surface area contributed by atoms with Crippen molar-refractivity contribution >= 4 is 40.2 Å². The molecule has 0 bridgehead atoms. The van der Waals surface area contributed by atoms with Gasteiger partial charge in [-0.3, -0.25) is 9.15 Å². The van der Waals surface area contributed by atoms with Gasteiger partial charge < -0.3 is 0 Å². The summed E-state index contributed by atoms with van der Waals surface area (Å²) in [4.78, 5) is 20.2. The van der Waals surface area contributed by atoms with Crippen molar-refractivity contribution in [3.05, 3.63) is 70.4 Å². The van der Waals surface area contributed by atoms with Crippen LogP contribution in [0.4, 0.5) is 5.95 Å². The lowest BCUT2D eigenvalue weighted by molar-refractivity contribution is -0.334. The molecular weight excluding hydrogens is 412 g/mol. The van der Waals surface area contributed by atoms with E-state index in [0.29, 0.717) is 5.69 Å². The predicted molar refractivity (Wildman–Crippen MR) is 113 cm³/mol. The minimum atomic E-state index is -3.58. The van der Waals surface area contributed by atoms with Crippen LogP contribution in [0.5, 0.6) is 0 Å². The van der Waals surface area contributed by atoms with E-state index in [2.05, 4.69) is 25.9 Å². The lowest BCUT2D eigenvalue weighted by Crippen LogP contribution is -2.15. The number of nitrogens with zero attached hydrogens (tertiary/aromatic N) is 2. The number of aromatic nitrogens is 2. The highest BCUT2D eigenvalue weighted by Crippen LogP contribution is 2.28. The largest absolute Gasteiger partial charge is 0.612 e. The van der Waals surface area contributed by atoms with Gasteiger partial charge in [0.25, 0.3) is 0 Å². The molecule has 3 aromatic rings. The zero-order valence-electron chi connectivity index (χ0n) is 15.7. The normalized spacial score (nSPS) is 12.8. The van der Waals surface area contributed by atoms with Gasteiger partial charge in [0.1, 0.15) is 10.7 Å². The van der Waals surface area contributed by atoms with Crippen LogP contribution in [-0.4, -0.2) is 26.9 Å². The van der Waals surface area contributed by atoms with Gasteiger partial charge in [0.2, 0.25) is 5.95 Å². The topological polar surface area (TPSA) is 107 Å². The molecule has 0 radical (unpaired) electrons. The molecule has 7 nitrogen and oxygen atoms in total. The fourth-order valence-electron chi connectivity index (χ4n) is 2.88. The Morgan fingerprint density at radius 1 is 1.14 bits per heavy atom. The number of nitrogens with one attached hydrogen (secondary N) is 2. The first-order valence-electron chi connectivity index (χ1n) is 8.45. The average molecular weight is 430 g/mol. The number of carbonyl (C=O) groups excluding carboxylic acids is 2. The van der Waals surface area contributed by atoms with Crippen LogP contribution in [0.3, 0.4) is 0 Å². The van der Waals surface area contributed by atoms with Gasteiger partial charge >= 0.3 is 5.97 Å². The molecule has 2 N–H and O–H groups in total. The van der Waals surface area contributed by atoms with Gasteiger partial charge in [-0.25, -0.2) is 19.0 Å². The molecule has 3 rings (SSSR count). The van der Waals surface area contributed by atoms with E-state index in [4.69, 9.17) is 16.4 Å². The van der Waals surface area contributed by atoms with Crippen molar-refractivity contribution in [2.75, 3.05) is 4.72 Å². The van der Waals surface area contributed by atoms with Crippen molar-refractivity contribution in [3.8, 4) is 11.3 Å². The smallest absolute Gasteiger partial charge is 0.284 e. The number of halogens is 1. The predicted octanol–water partition coefficient (Wildman–Crippen LogP) is 4.35. The fourth-order valence-corrected chi connectivity index (χ4v) is 4.10. The zero-order valence-corrected chi connectivity index (χ0v) is 17.3. The van der Waals surface area contributed by atoms with Gasteiger partial charge in [-0.1, -0.05) is 35.9 Å². The van der Waals surface area contributed by atoms with Gasteiger partial charge in [-0.05, 0) is 43.2 Å². The minimum Gasteiger partial charge on any atom is -0.284 e. The zero-order chi connectivity index (χ0) is 21.2. The SMILES string of the molecule is C=[O+]C(=O)c1cccc(S(=N)(=O)Nc2nc(Cl)cc(-c3c(C)cccc3C)n2)c1. The van der Waals surface area contributed by atoms with Crippen LogP contribution >= 0.6 is 11.6 Å². The maximum Gasteiger partial charge on any atom is 0.612 e. The number of anilines is 1. The molecule has 1 atom stereocenters. The summed E-state index contributed by atoms with van der Waals surface area (Å²) in [6.07, 6.45) is 0. The van der Waals surface area contributed by atoms with E-state index in [1.165, 1.54) is 24.3 Å². The number of rotatable bonds is 5. The van der Waals surface area contributed by atoms with Gasteiger partial charge in [0, 0.05) is 11.6 Å². The Labute approximate surface area is 173 Å². The summed E-state index contributed by atoms with van der Waals surface area (Å²) in [5.41, 5.74) is 3.56. The second kappa shape index (κ2) is 8.10. The van der Waals surface area contributed by atoms with E-state index < -0.39 is 15.9 Å². The second-order valence-corrected chi connectivity index (χ2v) is 8.46. The van der Waals surface area contributed by atoms with Crippen LogP contribution in [0.25, 0.3) is 11.3 Å². The number of hydrogen-bond acceptors (Lipinski definition) is 5. The summed E-state index contributed by atoms with van der Waals surface area (Å²) < 4.78 is 28.2. The number of hydrogen-bond donors (Lipinski definition) is 2. The monoisotopic (exact) mass is 429 g/mol. The highest BCUT2D eigenvalue weighted by atomic mass is 35.5. The Morgan fingerprint density at radius 3 is 2.45 bits per heavy atom. The van der Waals surface area contributed by atoms with Gasteiger partial charge in [0.05, 0.1) is 15.4 Å². The second-order valence-electron chi connectivity index (χ2n) is 6.28. The van der Waals surface area contributed by atoms with Crippen LogP contribution in [0.1, 0.15) is 21.5 Å². The van der Waals surface area contributed by atoms with Crippen molar-refractivity contribution in [1.29, 1.82) is 4.78 Å². The Morgan fingerprint density at radius 2 is 1.79 bits per heavy atom. The molecule has 0 amide bonds. The summed E-state index contributed by atoms with van der Waals surface area (Å²) in [5, 5.41) is 0.143. The molecule has 1 unspecified atom stereocenters. The van der Waals surface area contributed by atoms with Crippen LogP contribution in [0.2, 0.25) is 5.15 Å². The van der Waals surface area contributed by atoms with Crippen LogP contribution < -0.4 is 4.72 Å². The van der Waals surface area contributed by atoms with E-state index in [1.54, 1.807) is 6.07 Å². The molecule has 0 spiro atoms. The van der Waals surface area contributed by atoms with Crippen molar-refractivity contribution < 1.29 is 13.4 Å². The van der Waals surface area contributed by atoms with Crippen molar-refractivity contribution in [2.45, 2.75) is 18.7 Å². The first-order chi connectivity index (χ1) is 13.7. The fraction of sp³-hybridized carbons (Fsp3) is 0.100.